The van der Waals surface area contributed by atoms with Crippen molar-refractivity contribution in [1.29, 1.82) is 5.26 Å². The minimum absolute atomic E-state index is 0.00926. The molecule has 4 heteroatoms. The van der Waals surface area contributed by atoms with Gasteiger partial charge in [0, 0.05) is 0 Å². The number of nitrogens with two attached hydrogens (primary N) is 1. The number of carbonyl (C=O) groups excluding carboxylic acids is 1. The van der Waals surface area contributed by atoms with Crippen LogP contribution < -0.4 is 11.1 Å². The number of nitriles is 1. The van der Waals surface area contributed by atoms with Crippen molar-refractivity contribution in [2.24, 2.45) is 11.1 Å². The normalized spacial score (nSPS) is 14.3. The van der Waals surface area contributed by atoms with Gasteiger partial charge in [0.2, 0.25) is 0 Å². The number of carbonyl (C=O) groups is 1. The molecular weight excluding hydrogens is 190 g/mol. The molecule has 0 aromatic carbocycles. The number of hydrogen-bond acceptors (Lipinski definition) is 4. The first-order valence-electron chi connectivity index (χ1n) is 4.99. The van der Waals surface area contributed by atoms with Crippen LogP contribution in [0.3, 0.4) is 0 Å². The predicted octanol–water partition coefficient (Wildman–Crippen LogP) is 1.07. The van der Waals surface area contributed by atoms with Gasteiger partial charge in [0.1, 0.15) is 5.78 Å². The molecule has 0 rings (SSSR count). The molecule has 0 saturated carbocycles. The predicted molar refractivity (Wildman–Crippen MR) is 62.2 cm³/mol. The molecule has 0 spiro atoms. The van der Waals surface area contributed by atoms with Crippen molar-refractivity contribution in [1.82, 2.24) is 5.32 Å². The van der Waals surface area contributed by atoms with E-state index >= 15 is 0 Å². The molecule has 1 unspecified atom stereocenters. The standard InChI is InChI=1S/C7H15NO.C4H8N2/c1-5(9)6(8)7(2,3)4;1-4(3-5)6-2/h6H,8H2,1-4H3;4,6H,1-2H3/t6-;/m1./s1. The Bertz CT molecular complexity index is 225. The monoisotopic (exact) mass is 213 g/mol. The fraction of sp³-hybridized carbons (Fsp3) is 0.818. The second-order valence-electron chi connectivity index (χ2n) is 4.59. The minimum atomic E-state index is -0.322. The Morgan fingerprint density at radius 3 is 1.87 bits per heavy atom. The molecule has 0 aliphatic rings. The van der Waals surface area contributed by atoms with Gasteiger partial charge in [0.15, 0.2) is 0 Å². The molecule has 3 N–H and O–H groups in total. The second kappa shape index (κ2) is 7.38. The van der Waals surface area contributed by atoms with Crippen LogP contribution in [0.1, 0.15) is 34.6 Å². The zero-order valence-corrected chi connectivity index (χ0v) is 10.6. The van der Waals surface area contributed by atoms with Crippen molar-refractivity contribution in [3.05, 3.63) is 0 Å². The van der Waals surface area contributed by atoms with E-state index in [9.17, 15) is 4.79 Å². The van der Waals surface area contributed by atoms with Crippen LogP contribution in [0, 0.1) is 16.7 Å². The quantitative estimate of drug-likeness (QED) is 0.719. The molecule has 0 aromatic rings. The first-order valence-corrected chi connectivity index (χ1v) is 4.99. The molecule has 15 heavy (non-hydrogen) atoms. The maximum atomic E-state index is 10.7. The molecule has 0 amide bonds. The highest BCUT2D eigenvalue weighted by molar-refractivity contribution is 5.81. The maximum Gasteiger partial charge on any atom is 0.146 e. The Hall–Kier alpha value is -0.920. The lowest BCUT2D eigenvalue weighted by Gasteiger charge is -2.23. The maximum absolute atomic E-state index is 10.7. The van der Waals surface area contributed by atoms with Crippen LogP contribution in [0.4, 0.5) is 0 Å². The fourth-order valence-corrected chi connectivity index (χ4v) is 0.674. The number of nitrogens with zero attached hydrogens (tertiary/aromatic N) is 1. The highest BCUT2D eigenvalue weighted by atomic mass is 16.1. The largest absolute Gasteiger partial charge is 0.321 e. The molecule has 0 aliphatic heterocycles. The van der Waals surface area contributed by atoms with Gasteiger partial charge < -0.3 is 11.1 Å². The smallest absolute Gasteiger partial charge is 0.146 e. The third-order valence-corrected chi connectivity index (χ3v) is 2.00. The zero-order valence-electron chi connectivity index (χ0n) is 10.6. The lowest BCUT2D eigenvalue weighted by Crippen LogP contribution is -2.40. The van der Waals surface area contributed by atoms with Crippen LogP contribution in [0.5, 0.6) is 0 Å². The zero-order chi connectivity index (χ0) is 12.6. The lowest BCUT2D eigenvalue weighted by molar-refractivity contribution is -0.120. The summed E-state index contributed by atoms with van der Waals surface area (Å²) in [4.78, 5) is 10.7. The van der Waals surface area contributed by atoms with E-state index in [-0.39, 0.29) is 23.3 Å². The van der Waals surface area contributed by atoms with E-state index in [0.29, 0.717) is 0 Å². The van der Waals surface area contributed by atoms with Gasteiger partial charge in [-0.2, -0.15) is 5.26 Å². The van der Waals surface area contributed by atoms with E-state index in [4.69, 9.17) is 11.0 Å². The van der Waals surface area contributed by atoms with Gasteiger partial charge in [-0.25, -0.2) is 0 Å². The molecule has 0 aromatic heterocycles. The Morgan fingerprint density at radius 1 is 1.47 bits per heavy atom. The van der Waals surface area contributed by atoms with Crippen LogP contribution in [-0.2, 0) is 4.79 Å². The molecule has 0 aliphatic carbocycles. The Morgan fingerprint density at radius 2 is 1.87 bits per heavy atom. The van der Waals surface area contributed by atoms with Gasteiger partial charge in [-0.05, 0) is 26.3 Å². The van der Waals surface area contributed by atoms with Gasteiger partial charge in [0.25, 0.3) is 0 Å². The van der Waals surface area contributed by atoms with Crippen LogP contribution in [0.15, 0.2) is 0 Å². The summed E-state index contributed by atoms with van der Waals surface area (Å²) in [5.74, 6) is 0.0579. The number of hydrogen-bond donors (Lipinski definition) is 2. The fourth-order valence-electron chi connectivity index (χ4n) is 0.674. The number of ketones is 1. The molecule has 0 saturated heterocycles. The van der Waals surface area contributed by atoms with Gasteiger partial charge in [-0.3, -0.25) is 4.79 Å². The van der Waals surface area contributed by atoms with Crippen molar-refractivity contribution in [3.63, 3.8) is 0 Å². The van der Waals surface area contributed by atoms with Gasteiger partial charge in [0.05, 0.1) is 18.2 Å². The van der Waals surface area contributed by atoms with Crippen LogP contribution >= 0.6 is 0 Å². The van der Waals surface area contributed by atoms with E-state index in [2.05, 4.69) is 5.32 Å². The van der Waals surface area contributed by atoms with E-state index in [1.54, 1.807) is 14.0 Å². The summed E-state index contributed by atoms with van der Waals surface area (Å²) in [6, 6.07) is 1.67. The van der Waals surface area contributed by atoms with Crippen LogP contribution in [-0.4, -0.2) is 24.9 Å². The minimum Gasteiger partial charge on any atom is -0.321 e. The molecule has 2 atom stereocenters. The number of nitrogens with one attached hydrogen (secondary N) is 1. The number of rotatable bonds is 2. The topological polar surface area (TPSA) is 78.9 Å². The van der Waals surface area contributed by atoms with Crippen LogP contribution in [0.2, 0.25) is 0 Å². The first-order chi connectivity index (χ1) is 6.66. The third-order valence-electron chi connectivity index (χ3n) is 2.00. The van der Waals surface area contributed by atoms with Crippen molar-refractivity contribution < 1.29 is 4.79 Å². The Kier molecular flexibility index (Phi) is 8.12. The molecule has 0 heterocycles. The molecular formula is C11H23N3O. The Labute approximate surface area is 92.8 Å². The van der Waals surface area contributed by atoms with E-state index in [0.717, 1.165) is 0 Å². The van der Waals surface area contributed by atoms with E-state index < -0.39 is 0 Å². The third kappa shape index (κ3) is 9.39. The Balaban J connectivity index is 0. The van der Waals surface area contributed by atoms with Gasteiger partial charge in [-0.1, -0.05) is 20.8 Å². The summed E-state index contributed by atoms with van der Waals surface area (Å²) < 4.78 is 0. The summed E-state index contributed by atoms with van der Waals surface area (Å²) in [6.07, 6.45) is 0. The summed E-state index contributed by atoms with van der Waals surface area (Å²) in [5.41, 5.74) is 5.45. The summed E-state index contributed by atoms with van der Waals surface area (Å²) in [7, 11) is 1.76. The second-order valence-corrected chi connectivity index (χ2v) is 4.59. The van der Waals surface area contributed by atoms with Crippen molar-refractivity contribution >= 4 is 5.78 Å². The first kappa shape index (κ1) is 16.5. The van der Waals surface area contributed by atoms with Gasteiger partial charge >= 0.3 is 0 Å². The van der Waals surface area contributed by atoms with Crippen molar-refractivity contribution in [2.45, 2.75) is 46.7 Å². The average molecular weight is 213 g/mol. The molecule has 0 radical (unpaired) electrons. The SMILES string of the molecule is CC(=O)[C@@H](N)C(C)(C)C.CNC(C)C#N. The summed E-state index contributed by atoms with van der Waals surface area (Å²) >= 11 is 0. The van der Waals surface area contributed by atoms with Crippen molar-refractivity contribution in [2.75, 3.05) is 7.05 Å². The molecule has 0 fully saturated rings. The van der Waals surface area contributed by atoms with Crippen molar-refractivity contribution in [3.8, 4) is 6.07 Å². The molecule has 4 nitrogen and oxygen atoms in total. The molecule has 88 valence electrons. The highest BCUT2D eigenvalue weighted by Gasteiger charge is 2.23. The summed E-state index contributed by atoms with van der Waals surface area (Å²) in [5, 5.41) is 10.8. The molecule has 0 bridgehead atoms. The summed E-state index contributed by atoms with van der Waals surface area (Å²) in [6.45, 7) is 9.20. The lowest BCUT2D eigenvalue weighted by atomic mass is 9.85. The van der Waals surface area contributed by atoms with Crippen LogP contribution in [0.25, 0.3) is 0 Å². The highest BCUT2D eigenvalue weighted by Crippen LogP contribution is 2.17. The van der Waals surface area contributed by atoms with Gasteiger partial charge in [-0.15, -0.1) is 0 Å². The van der Waals surface area contributed by atoms with E-state index in [1.165, 1.54) is 6.92 Å². The van der Waals surface area contributed by atoms with E-state index in [1.807, 2.05) is 26.8 Å². The average Bonchev–Trinajstić information content (AvgIpc) is 2.14. The number of Topliss-reactive ketones (excluding diaryl/α,β-unsaturated/α-hetero) is 1.